The highest BCUT2D eigenvalue weighted by atomic mass is 32.2. The molecule has 1 heterocycles. The molecule has 0 spiro atoms. The molecule has 1 aliphatic heterocycles. The fraction of sp³-hybridized carbons (Fsp3) is 0.429. The van der Waals surface area contributed by atoms with Crippen molar-refractivity contribution in [2.45, 2.75) is 25.0 Å². The highest BCUT2D eigenvalue weighted by molar-refractivity contribution is 7.89. The minimum atomic E-state index is -3.78. The van der Waals surface area contributed by atoms with E-state index in [1.54, 1.807) is 31.2 Å². The van der Waals surface area contributed by atoms with E-state index in [1.807, 2.05) is 0 Å². The molecule has 7 nitrogen and oxygen atoms in total. The number of carbonyl (C=O) groups is 2. The molecule has 1 aromatic carbocycles. The molecule has 1 unspecified atom stereocenters. The normalized spacial score (nSPS) is 18.5. The Hall–Kier alpha value is -1.93. The number of anilines is 1. The van der Waals surface area contributed by atoms with Gasteiger partial charge in [0.25, 0.3) is 0 Å². The van der Waals surface area contributed by atoms with E-state index < -0.39 is 21.2 Å². The fourth-order valence-electron chi connectivity index (χ4n) is 2.42. The minimum Gasteiger partial charge on any atom is -0.466 e. The lowest BCUT2D eigenvalue weighted by atomic mass is 10.1. The van der Waals surface area contributed by atoms with Crippen LogP contribution < -0.4 is 10.0 Å². The first-order valence-corrected chi connectivity index (χ1v) is 8.49. The molecule has 1 fully saturated rings. The standard InChI is InChI=1S/C14H18N2O5S/c1-2-21-14(18)7-10-5-3-4-6-12(10)16-9-11(8-13(16)17)22(15,19)20/h3-6,11H,2,7-9H2,1H3,(H2,15,19,20). The number of sulfonamides is 1. The zero-order valence-electron chi connectivity index (χ0n) is 12.2. The number of rotatable bonds is 5. The van der Waals surface area contributed by atoms with Crippen LogP contribution in [0.2, 0.25) is 0 Å². The van der Waals surface area contributed by atoms with Gasteiger partial charge in [-0.25, -0.2) is 13.6 Å². The van der Waals surface area contributed by atoms with Gasteiger partial charge in [0.15, 0.2) is 0 Å². The van der Waals surface area contributed by atoms with Crippen LogP contribution in [0.4, 0.5) is 5.69 Å². The summed E-state index contributed by atoms with van der Waals surface area (Å²) in [4.78, 5) is 25.1. The third-order valence-corrected chi connectivity index (χ3v) is 4.72. The molecule has 1 aliphatic rings. The van der Waals surface area contributed by atoms with Gasteiger partial charge in [0.1, 0.15) is 5.25 Å². The van der Waals surface area contributed by atoms with Crippen molar-refractivity contribution in [3.8, 4) is 0 Å². The Balaban J connectivity index is 2.26. The summed E-state index contributed by atoms with van der Waals surface area (Å²) in [6, 6.07) is 6.86. The van der Waals surface area contributed by atoms with Gasteiger partial charge in [0.05, 0.1) is 13.0 Å². The van der Waals surface area contributed by atoms with Gasteiger partial charge in [-0.15, -0.1) is 0 Å². The van der Waals surface area contributed by atoms with E-state index in [0.717, 1.165) is 0 Å². The monoisotopic (exact) mass is 326 g/mol. The fourth-order valence-corrected chi connectivity index (χ4v) is 3.15. The predicted molar refractivity (Wildman–Crippen MR) is 80.6 cm³/mol. The average molecular weight is 326 g/mol. The maximum atomic E-state index is 12.1. The van der Waals surface area contributed by atoms with Gasteiger partial charge in [-0.1, -0.05) is 18.2 Å². The highest BCUT2D eigenvalue weighted by Gasteiger charge is 2.37. The van der Waals surface area contributed by atoms with Crippen LogP contribution in [0.5, 0.6) is 0 Å². The number of para-hydroxylation sites is 1. The van der Waals surface area contributed by atoms with Gasteiger partial charge in [-0.2, -0.15) is 0 Å². The maximum Gasteiger partial charge on any atom is 0.310 e. The van der Waals surface area contributed by atoms with Crippen LogP contribution in [0.1, 0.15) is 18.9 Å². The Morgan fingerprint density at radius 1 is 1.41 bits per heavy atom. The number of ether oxygens (including phenoxy) is 1. The second kappa shape index (κ2) is 6.45. The topological polar surface area (TPSA) is 107 Å². The second-order valence-electron chi connectivity index (χ2n) is 5.03. The van der Waals surface area contributed by atoms with E-state index in [-0.39, 0.29) is 31.9 Å². The molecule has 0 saturated carbocycles. The van der Waals surface area contributed by atoms with Crippen molar-refractivity contribution in [2.24, 2.45) is 5.14 Å². The average Bonchev–Trinajstić information content (AvgIpc) is 2.81. The Labute approximate surface area is 129 Å². The summed E-state index contributed by atoms with van der Waals surface area (Å²) in [5.74, 6) is -0.722. The number of amides is 1. The first-order chi connectivity index (χ1) is 10.3. The minimum absolute atomic E-state index is 0.00247. The van der Waals surface area contributed by atoms with Crippen molar-refractivity contribution < 1.29 is 22.7 Å². The van der Waals surface area contributed by atoms with Crippen LogP contribution >= 0.6 is 0 Å². The molecule has 0 aromatic heterocycles. The SMILES string of the molecule is CCOC(=O)Cc1ccccc1N1CC(S(N)(=O)=O)CC1=O. The van der Waals surface area contributed by atoms with Crippen LogP contribution in [0, 0.1) is 0 Å². The molecule has 1 atom stereocenters. The van der Waals surface area contributed by atoms with Gasteiger partial charge >= 0.3 is 5.97 Å². The van der Waals surface area contributed by atoms with Gasteiger partial charge in [0.2, 0.25) is 15.9 Å². The summed E-state index contributed by atoms with van der Waals surface area (Å²) in [5, 5.41) is 4.20. The summed E-state index contributed by atoms with van der Waals surface area (Å²) in [7, 11) is -3.78. The van der Waals surface area contributed by atoms with Crippen LogP contribution in [0.25, 0.3) is 0 Å². The summed E-state index contributed by atoms with van der Waals surface area (Å²) < 4.78 is 27.8. The van der Waals surface area contributed by atoms with Gasteiger partial charge < -0.3 is 9.64 Å². The van der Waals surface area contributed by atoms with E-state index in [9.17, 15) is 18.0 Å². The number of nitrogens with two attached hydrogens (primary N) is 1. The number of hydrogen-bond donors (Lipinski definition) is 1. The van der Waals surface area contributed by atoms with Crippen LogP contribution in [-0.2, 0) is 30.8 Å². The Bertz CT molecular complexity index is 686. The van der Waals surface area contributed by atoms with E-state index >= 15 is 0 Å². The third-order valence-electron chi connectivity index (χ3n) is 3.48. The molecular formula is C14H18N2O5S. The Morgan fingerprint density at radius 3 is 2.68 bits per heavy atom. The molecule has 2 N–H and O–H groups in total. The Kier molecular flexibility index (Phi) is 4.82. The number of hydrogen-bond acceptors (Lipinski definition) is 5. The molecular weight excluding hydrogens is 308 g/mol. The summed E-state index contributed by atoms with van der Waals surface area (Å²) in [5.41, 5.74) is 1.14. The third kappa shape index (κ3) is 3.63. The molecule has 120 valence electrons. The van der Waals surface area contributed by atoms with Crippen molar-refractivity contribution >= 4 is 27.6 Å². The zero-order valence-corrected chi connectivity index (χ0v) is 13.0. The molecule has 0 aliphatic carbocycles. The van der Waals surface area contributed by atoms with Crippen LogP contribution in [0.3, 0.4) is 0 Å². The van der Waals surface area contributed by atoms with Crippen molar-refractivity contribution in [3.63, 3.8) is 0 Å². The molecule has 2 rings (SSSR count). The molecule has 0 bridgehead atoms. The largest absolute Gasteiger partial charge is 0.466 e. The molecule has 0 radical (unpaired) electrons. The lowest BCUT2D eigenvalue weighted by Crippen LogP contribution is -2.32. The number of nitrogens with zero attached hydrogens (tertiary/aromatic N) is 1. The summed E-state index contributed by atoms with van der Waals surface area (Å²) in [6.45, 7) is 1.99. The predicted octanol–water partition coefficient (Wildman–Crippen LogP) is 0.186. The van der Waals surface area contributed by atoms with E-state index in [1.165, 1.54) is 4.90 Å². The van der Waals surface area contributed by atoms with Gasteiger partial charge in [0, 0.05) is 18.7 Å². The maximum absolute atomic E-state index is 12.1. The van der Waals surface area contributed by atoms with Crippen molar-refractivity contribution in [3.05, 3.63) is 29.8 Å². The van der Waals surface area contributed by atoms with Gasteiger partial charge in [-0.05, 0) is 18.6 Å². The van der Waals surface area contributed by atoms with Crippen LogP contribution in [0.15, 0.2) is 24.3 Å². The molecule has 1 amide bonds. The lowest BCUT2D eigenvalue weighted by Gasteiger charge is -2.20. The van der Waals surface area contributed by atoms with Crippen molar-refractivity contribution in [1.82, 2.24) is 0 Å². The van der Waals surface area contributed by atoms with E-state index in [2.05, 4.69) is 0 Å². The molecule has 22 heavy (non-hydrogen) atoms. The lowest BCUT2D eigenvalue weighted by molar-refractivity contribution is -0.142. The summed E-state index contributed by atoms with van der Waals surface area (Å²) in [6.07, 6.45) is -0.125. The molecule has 1 aromatic rings. The van der Waals surface area contributed by atoms with Gasteiger partial charge in [-0.3, -0.25) is 9.59 Å². The van der Waals surface area contributed by atoms with Crippen LogP contribution in [-0.4, -0.2) is 38.7 Å². The van der Waals surface area contributed by atoms with Crippen molar-refractivity contribution in [1.29, 1.82) is 0 Å². The van der Waals surface area contributed by atoms with Crippen molar-refractivity contribution in [2.75, 3.05) is 18.1 Å². The molecule has 1 saturated heterocycles. The Morgan fingerprint density at radius 2 is 2.09 bits per heavy atom. The first-order valence-electron chi connectivity index (χ1n) is 6.88. The highest BCUT2D eigenvalue weighted by Crippen LogP contribution is 2.28. The molecule has 8 heteroatoms. The van der Waals surface area contributed by atoms with E-state index in [0.29, 0.717) is 11.3 Å². The zero-order chi connectivity index (χ0) is 16.3. The first kappa shape index (κ1) is 16.4. The number of primary sulfonamides is 1. The number of carbonyl (C=O) groups excluding carboxylic acids is 2. The number of esters is 1. The summed E-state index contributed by atoms with van der Waals surface area (Å²) >= 11 is 0. The van der Waals surface area contributed by atoms with E-state index in [4.69, 9.17) is 9.88 Å². The number of benzene rings is 1. The quantitative estimate of drug-likeness (QED) is 0.777. The second-order valence-corrected chi connectivity index (χ2v) is 6.87. The smallest absolute Gasteiger partial charge is 0.310 e.